The summed E-state index contributed by atoms with van der Waals surface area (Å²) in [6.07, 6.45) is 1.64. The predicted molar refractivity (Wildman–Crippen MR) is 131 cm³/mol. The van der Waals surface area contributed by atoms with Crippen LogP contribution in [0.4, 0.5) is 0 Å². The van der Waals surface area contributed by atoms with Gasteiger partial charge in [-0.1, -0.05) is 48.4 Å². The van der Waals surface area contributed by atoms with Crippen LogP contribution in [-0.2, 0) is 6.54 Å². The molecule has 0 atom stereocenters. The number of fused-ring (bicyclic) bond motifs is 3. The highest BCUT2D eigenvalue weighted by molar-refractivity contribution is 6.42. The molecule has 0 N–H and O–H groups in total. The molecule has 0 bridgehead atoms. The third kappa shape index (κ3) is 3.16. The molecule has 5 nitrogen and oxygen atoms in total. The molecule has 0 amide bonds. The van der Waals surface area contributed by atoms with E-state index >= 15 is 0 Å². The maximum absolute atomic E-state index is 13.1. The molecule has 5 heteroatoms. The van der Waals surface area contributed by atoms with E-state index in [-0.39, 0.29) is 17.1 Å². The Kier molecular flexibility index (Phi) is 4.53. The summed E-state index contributed by atoms with van der Waals surface area (Å²) in [6.45, 7) is 2.57. The van der Waals surface area contributed by atoms with E-state index in [1.54, 1.807) is 24.3 Å². The van der Waals surface area contributed by atoms with E-state index in [4.69, 9.17) is 4.42 Å². The van der Waals surface area contributed by atoms with E-state index in [2.05, 4.69) is 16.8 Å². The van der Waals surface area contributed by atoms with Crippen molar-refractivity contribution in [3.8, 4) is 11.8 Å². The fraction of sp³-hybridized carbons (Fsp3) is 0.0690. The third-order valence-electron chi connectivity index (χ3n) is 6.04. The first kappa shape index (κ1) is 20.0. The van der Waals surface area contributed by atoms with Crippen molar-refractivity contribution in [1.29, 1.82) is 0 Å². The number of oxazole rings is 1. The Labute approximate surface area is 195 Å². The van der Waals surface area contributed by atoms with E-state index in [0.717, 1.165) is 16.3 Å². The molecule has 1 aliphatic rings. The van der Waals surface area contributed by atoms with E-state index < -0.39 is 0 Å². The summed E-state index contributed by atoms with van der Waals surface area (Å²) in [5.41, 5.74) is 3.82. The van der Waals surface area contributed by atoms with Crippen LogP contribution in [0.25, 0.3) is 28.1 Å². The molecule has 0 unspecified atom stereocenters. The van der Waals surface area contributed by atoms with Crippen molar-refractivity contribution in [3.05, 3.63) is 107 Å². The minimum Gasteiger partial charge on any atom is -0.428 e. The Morgan fingerprint density at radius 1 is 0.882 bits per heavy atom. The van der Waals surface area contributed by atoms with Gasteiger partial charge in [-0.3, -0.25) is 9.59 Å². The van der Waals surface area contributed by atoms with Crippen LogP contribution in [0.15, 0.2) is 82.8 Å². The zero-order valence-corrected chi connectivity index (χ0v) is 18.3. The van der Waals surface area contributed by atoms with Gasteiger partial charge in [0.25, 0.3) is 5.89 Å². The maximum Gasteiger partial charge on any atom is 0.276 e. The van der Waals surface area contributed by atoms with Crippen LogP contribution >= 0.6 is 0 Å². The molecule has 6 rings (SSSR count). The zero-order chi connectivity index (χ0) is 23.2. The van der Waals surface area contributed by atoms with Gasteiger partial charge >= 0.3 is 0 Å². The lowest BCUT2D eigenvalue weighted by Crippen LogP contribution is -2.03. The molecule has 0 fully saturated rings. The second-order valence-electron chi connectivity index (χ2n) is 8.10. The quantitative estimate of drug-likeness (QED) is 0.201. The molecule has 5 aromatic rings. The number of Topliss-reactive ketones (excluding diaryl/α,β-unsaturated/α-hetero) is 2. The minimum atomic E-state index is -0.256. The van der Waals surface area contributed by atoms with Gasteiger partial charge in [0.1, 0.15) is 0 Å². The molecule has 1 aliphatic carbocycles. The van der Waals surface area contributed by atoms with Crippen LogP contribution in [0.3, 0.4) is 0 Å². The van der Waals surface area contributed by atoms with Crippen LogP contribution in [0, 0.1) is 11.8 Å². The summed E-state index contributed by atoms with van der Waals surface area (Å²) in [4.78, 5) is 30.8. The fourth-order valence-corrected chi connectivity index (χ4v) is 4.39. The molecule has 0 spiro atoms. The summed E-state index contributed by atoms with van der Waals surface area (Å²) in [6, 6.07) is 22.7. The van der Waals surface area contributed by atoms with Gasteiger partial charge in [-0.2, -0.15) is 4.98 Å². The molecule has 2 aromatic heterocycles. The van der Waals surface area contributed by atoms with Crippen molar-refractivity contribution < 1.29 is 14.0 Å². The fourth-order valence-electron chi connectivity index (χ4n) is 4.39. The monoisotopic (exact) mass is 442 g/mol. The topological polar surface area (TPSA) is 65.1 Å². The highest BCUT2D eigenvalue weighted by atomic mass is 16.3. The molecule has 162 valence electrons. The zero-order valence-electron chi connectivity index (χ0n) is 18.3. The van der Waals surface area contributed by atoms with Gasteiger partial charge in [-0.05, 0) is 54.0 Å². The minimum absolute atomic E-state index is 0.157. The van der Waals surface area contributed by atoms with Crippen LogP contribution < -0.4 is 0 Å². The van der Waals surface area contributed by atoms with Crippen LogP contribution in [-0.4, -0.2) is 21.1 Å². The average Bonchev–Trinajstić information content (AvgIpc) is 3.48. The Morgan fingerprint density at radius 3 is 2.18 bits per heavy atom. The van der Waals surface area contributed by atoms with Gasteiger partial charge in [0, 0.05) is 35.0 Å². The number of carbonyl (C=O) groups is 2. The van der Waals surface area contributed by atoms with Crippen molar-refractivity contribution in [2.45, 2.75) is 13.5 Å². The summed E-state index contributed by atoms with van der Waals surface area (Å²) in [5, 5.41) is 1.87. The number of carbonyl (C=O) groups excluding carboxylic acids is 2. The second-order valence-corrected chi connectivity index (χ2v) is 8.10. The second kappa shape index (κ2) is 7.72. The predicted octanol–water partition coefficient (Wildman–Crippen LogP) is 5.66. The highest BCUT2D eigenvalue weighted by Gasteiger charge is 2.33. The smallest absolute Gasteiger partial charge is 0.276 e. The number of allylic oxidation sites excluding steroid dienone is 1. The lowest BCUT2D eigenvalue weighted by molar-refractivity contribution is 0.0990. The SMILES string of the molecule is CCn1c(C=C2C(=O)c3cc4ccccc4cc3C2=O)cc2oc(C#Cc3ccccc3)nc21. The standard InChI is InChI=1S/C29H18N2O3/c1-2-31-21(17-25-29(31)30-26(34-25)13-12-18-8-4-3-5-9-18)16-24-27(32)22-14-19-10-6-7-11-20(19)15-23(22)28(24)33/h3-11,14-17H,2H2,1H3. The van der Waals surface area contributed by atoms with Gasteiger partial charge < -0.3 is 8.98 Å². The Bertz CT molecular complexity index is 1670. The molecule has 34 heavy (non-hydrogen) atoms. The van der Waals surface area contributed by atoms with E-state index in [0.29, 0.717) is 40.5 Å². The van der Waals surface area contributed by atoms with Crippen molar-refractivity contribution in [3.63, 3.8) is 0 Å². The molecule has 0 radical (unpaired) electrons. The first-order chi connectivity index (χ1) is 16.6. The summed E-state index contributed by atoms with van der Waals surface area (Å²) in [7, 11) is 0. The normalized spacial score (nSPS) is 12.8. The van der Waals surface area contributed by atoms with Crippen LogP contribution in [0.2, 0.25) is 0 Å². The summed E-state index contributed by atoms with van der Waals surface area (Å²) >= 11 is 0. The number of hydrogen-bond donors (Lipinski definition) is 0. The molecule has 0 saturated heterocycles. The van der Waals surface area contributed by atoms with E-state index in [9.17, 15) is 9.59 Å². The van der Waals surface area contributed by atoms with Gasteiger partial charge in [0.2, 0.25) is 0 Å². The molecule has 0 saturated carbocycles. The van der Waals surface area contributed by atoms with Gasteiger partial charge in [-0.15, -0.1) is 0 Å². The largest absolute Gasteiger partial charge is 0.428 e. The summed E-state index contributed by atoms with van der Waals surface area (Å²) in [5.74, 6) is 5.81. The molecular formula is C29H18N2O3. The van der Waals surface area contributed by atoms with E-state index in [1.807, 2.05) is 66.1 Å². The Balaban J connectivity index is 1.39. The van der Waals surface area contributed by atoms with Crippen molar-refractivity contribution >= 4 is 39.6 Å². The highest BCUT2D eigenvalue weighted by Crippen LogP contribution is 2.32. The number of rotatable bonds is 2. The lowest BCUT2D eigenvalue weighted by Gasteiger charge is -2.02. The van der Waals surface area contributed by atoms with Crippen LogP contribution in [0.1, 0.15) is 44.8 Å². The molecular weight excluding hydrogens is 424 g/mol. The summed E-state index contributed by atoms with van der Waals surface area (Å²) < 4.78 is 7.76. The maximum atomic E-state index is 13.1. The number of hydrogen-bond acceptors (Lipinski definition) is 4. The number of aryl methyl sites for hydroxylation is 1. The third-order valence-corrected chi connectivity index (χ3v) is 6.04. The number of aromatic nitrogens is 2. The molecule has 3 aromatic carbocycles. The van der Waals surface area contributed by atoms with Crippen LogP contribution in [0.5, 0.6) is 0 Å². The Morgan fingerprint density at radius 2 is 1.53 bits per heavy atom. The number of ketones is 2. The average molecular weight is 442 g/mol. The number of nitrogens with zero attached hydrogens (tertiary/aromatic N) is 2. The van der Waals surface area contributed by atoms with Crippen molar-refractivity contribution in [1.82, 2.24) is 9.55 Å². The number of benzene rings is 3. The Hall–Kier alpha value is -4.69. The molecule has 2 heterocycles. The van der Waals surface area contributed by atoms with Gasteiger partial charge in [0.15, 0.2) is 22.8 Å². The van der Waals surface area contributed by atoms with Gasteiger partial charge in [0.05, 0.1) is 5.57 Å². The van der Waals surface area contributed by atoms with E-state index in [1.165, 1.54) is 0 Å². The first-order valence-corrected chi connectivity index (χ1v) is 11.0. The van der Waals surface area contributed by atoms with Crippen molar-refractivity contribution in [2.24, 2.45) is 0 Å². The first-order valence-electron chi connectivity index (χ1n) is 11.0. The van der Waals surface area contributed by atoms with Gasteiger partial charge in [-0.25, -0.2) is 0 Å². The molecule has 0 aliphatic heterocycles. The lowest BCUT2D eigenvalue weighted by atomic mass is 10.0. The van der Waals surface area contributed by atoms with Crippen molar-refractivity contribution in [2.75, 3.05) is 0 Å².